The minimum absolute atomic E-state index is 0.696. The Morgan fingerprint density at radius 1 is 1.29 bits per heavy atom. The van der Waals surface area contributed by atoms with Crippen molar-refractivity contribution in [3.05, 3.63) is 22.2 Å². The van der Waals surface area contributed by atoms with Gasteiger partial charge in [0, 0.05) is 29.7 Å². The molecule has 2 rings (SSSR count). The van der Waals surface area contributed by atoms with Crippen molar-refractivity contribution in [1.82, 2.24) is 10.2 Å². The number of nitrogens with zero attached hydrogens (tertiary/aromatic N) is 1. The number of methoxy groups -OCH3 is 1. The van der Waals surface area contributed by atoms with Gasteiger partial charge in [0.15, 0.2) is 11.5 Å². The fraction of sp³-hybridized carbons (Fsp3) is 0.667. The Labute approximate surface area is 153 Å². The van der Waals surface area contributed by atoms with Gasteiger partial charge in [-0.1, -0.05) is 22.9 Å². The van der Waals surface area contributed by atoms with Crippen molar-refractivity contribution in [1.29, 1.82) is 0 Å². The van der Waals surface area contributed by atoms with Gasteiger partial charge < -0.3 is 19.5 Å². The van der Waals surface area contributed by atoms with E-state index >= 15 is 0 Å². The number of hydrogen-bond donors (Lipinski definition) is 1. The standard InChI is InChI=1S/C18H29BrN2O3/c1-3-9-24-18-15(12-16(19)13-17(18)22-2)14-20-5-4-6-21-7-10-23-11-8-21/h12-13,20H,3-11,14H2,1-2H3. The van der Waals surface area contributed by atoms with E-state index in [1.807, 2.05) is 6.07 Å². The predicted molar refractivity (Wildman–Crippen MR) is 100 cm³/mol. The van der Waals surface area contributed by atoms with Crippen LogP contribution in [0.4, 0.5) is 0 Å². The Hall–Kier alpha value is -0.820. The summed E-state index contributed by atoms with van der Waals surface area (Å²) in [5.41, 5.74) is 1.13. The zero-order chi connectivity index (χ0) is 17.2. The minimum Gasteiger partial charge on any atom is -0.493 e. The largest absolute Gasteiger partial charge is 0.493 e. The molecule has 0 aliphatic carbocycles. The van der Waals surface area contributed by atoms with Crippen LogP contribution >= 0.6 is 15.9 Å². The van der Waals surface area contributed by atoms with Crippen LogP contribution < -0.4 is 14.8 Å². The maximum absolute atomic E-state index is 5.91. The average molecular weight is 401 g/mol. The summed E-state index contributed by atoms with van der Waals surface area (Å²) < 4.78 is 17.8. The van der Waals surface area contributed by atoms with Gasteiger partial charge in [-0.25, -0.2) is 0 Å². The fourth-order valence-electron chi connectivity index (χ4n) is 2.75. The molecular weight excluding hydrogens is 372 g/mol. The first-order chi connectivity index (χ1) is 11.7. The SMILES string of the molecule is CCCOc1c(CNCCCN2CCOCC2)cc(Br)cc1OC. The van der Waals surface area contributed by atoms with E-state index < -0.39 is 0 Å². The van der Waals surface area contributed by atoms with Crippen LogP contribution in [0.2, 0.25) is 0 Å². The molecule has 24 heavy (non-hydrogen) atoms. The Balaban J connectivity index is 1.82. The molecule has 0 radical (unpaired) electrons. The van der Waals surface area contributed by atoms with E-state index in [1.54, 1.807) is 7.11 Å². The highest BCUT2D eigenvalue weighted by Gasteiger charge is 2.13. The quantitative estimate of drug-likeness (QED) is 0.611. The van der Waals surface area contributed by atoms with Crippen LogP contribution in [0.5, 0.6) is 11.5 Å². The summed E-state index contributed by atoms with van der Waals surface area (Å²) in [6, 6.07) is 4.05. The molecule has 6 heteroatoms. The first-order valence-electron chi connectivity index (χ1n) is 8.74. The molecule has 1 aliphatic rings. The molecule has 0 unspecified atom stereocenters. The second-order valence-corrected chi connectivity index (χ2v) is 6.84. The van der Waals surface area contributed by atoms with Crippen molar-refractivity contribution >= 4 is 15.9 Å². The molecule has 1 aliphatic heterocycles. The average Bonchev–Trinajstić information content (AvgIpc) is 2.61. The number of rotatable bonds is 10. The second kappa shape index (κ2) is 10.9. The first kappa shape index (κ1) is 19.5. The van der Waals surface area contributed by atoms with Crippen LogP contribution in [0.3, 0.4) is 0 Å². The molecule has 136 valence electrons. The Kier molecular flexibility index (Phi) is 8.88. The Morgan fingerprint density at radius 3 is 2.79 bits per heavy atom. The van der Waals surface area contributed by atoms with Crippen LogP contribution in [0.1, 0.15) is 25.3 Å². The number of hydrogen-bond acceptors (Lipinski definition) is 5. The Morgan fingerprint density at radius 2 is 2.08 bits per heavy atom. The normalized spacial score (nSPS) is 15.5. The predicted octanol–water partition coefficient (Wildman–Crippen LogP) is 3.06. The topological polar surface area (TPSA) is 43.0 Å². The zero-order valence-electron chi connectivity index (χ0n) is 14.8. The van der Waals surface area contributed by atoms with Crippen LogP contribution in [-0.4, -0.2) is 58.0 Å². The van der Waals surface area contributed by atoms with Gasteiger partial charge in [0.2, 0.25) is 0 Å². The zero-order valence-corrected chi connectivity index (χ0v) is 16.4. The number of ether oxygens (including phenoxy) is 3. The monoisotopic (exact) mass is 400 g/mol. The third-order valence-corrected chi connectivity index (χ3v) is 4.47. The molecule has 0 saturated carbocycles. The molecule has 0 atom stereocenters. The molecule has 1 aromatic carbocycles. The molecule has 0 aromatic heterocycles. The van der Waals surface area contributed by atoms with E-state index in [0.29, 0.717) is 6.61 Å². The van der Waals surface area contributed by atoms with Crippen molar-refractivity contribution in [3.63, 3.8) is 0 Å². The lowest BCUT2D eigenvalue weighted by molar-refractivity contribution is 0.0374. The summed E-state index contributed by atoms with van der Waals surface area (Å²) in [5, 5.41) is 3.52. The number of nitrogens with one attached hydrogen (secondary N) is 1. The van der Waals surface area contributed by atoms with Gasteiger partial charge in [-0.2, -0.15) is 0 Å². The molecule has 1 N–H and O–H groups in total. The maximum Gasteiger partial charge on any atom is 0.165 e. The molecular formula is C18H29BrN2O3. The minimum atomic E-state index is 0.696. The van der Waals surface area contributed by atoms with Gasteiger partial charge in [-0.3, -0.25) is 4.90 Å². The summed E-state index contributed by atoms with van der Waals surface area (Å²) in [6.45, 7) is 9.52. The van der Waals surface area contributed by atoms with Gasteiger partial charge in [0.25, 0.3) is 0 Å². The van der Waals surface area contributed by atoms with Crippen molar-refractivity contribution in [3.8, 4) is 11.5 Å². The number of halogens is 1. The van der Waals surface area contributed by atoms with E-state index in [-0.39, 0.29) is 0 Å². The highest BCUT2D eigenvalue weighted by atomic mass is 79.9. The van der Waals surface area contributed by atoms with Gasteiger partial charge in [0.1, 0.15) is 0 Å². The summed E-state index contributed by atoms with van der Waals surface area (Å²) in [5.74, 6) is 1.63. The molecule has 0 bridgehead atoms. The number of morpholine rings is 1. The van der Waals surface area contributed by atoms with Gasteiger partial charge in [0.05, 0.1) is 26.9 Å². The summed E-state index contributed by atoms with van der Waals surface area (Å²) in [6.07, 6.45) is 2.11. The highest BCUT2D eigenvalue weighted by Crippen LogP contribution is 2.35. The van der Waals surface area contributed by atoms with Crippen molar-refractivity contribution in [2.75, 3.05) is 53.1 Å². The van der Waals surface area contributed by atoms with E-state index in [0.717, 1.165) is 80.3 Å². The van der Waals surface area contributed by atoms with Crippen molar-refractivity contribution < 1.29 is 14.2 Å². The summed E-state index contributed by atoms with van der Waals surface area (Å²) in [4.78, 5) is 2.46. The molecule has 0 spiro atoms. The second-order valence-electron chi connectivity index (χ2n) is 5.93. The first-order valence-corrected chi connectivity index (χ1v) is 9.54. The molecule has 1 heterocycles. The van der Waals surface area contributed by atoms with Gasteiger partial charge in [-0.15, -0.1) is 0 Å². The van der Waals surface area contributed by atoms with Crippen molar-refractivity contribution in [2.24, 2.45) is 0 Å². The third kappa shape index (κ3) is 6.24. The lowest BCUT2D eigenvalue weighted by Gasteiger charge is -2.26. The smallest absolute Gasteiger partial charge is 0.165 e. The summed E-state index contributed by atoms with van der Waals surface area (Å²) in [7, 11) is 1.68. The molecule has 1 fully saturated rings. The highest BCUT2D eigenvalue weighted by molar-refractivity contribution is 9.10. The number of benzene rings is 1. The van der Waals surface area contributed by atoms with E-state index in [9.17, 15) is 0 Å². The lowest BCUT2D eigenvalue weighted by Crippen LogP contribution is -2.37. The third-order valence-electron chi connectivity index (χ3n) is 4.01. The Bertz CT molecular complexity index is 493. The maximum atomic E-state index is 5.91. The van der Waals surface area contributed by atoms with E-state index in [1.165, 1.54) is 0 Å². The van der Waals surface area contributed by atoms with Gasteiger partial charge >= 0.3 is 0 Å². The molecule has 1 saturated heterocycles. The van der Waals surface area contributed by atoms with Crippen LogP contribution in [0.15, 0.2) is 16.6 Å². The van der Waals surface area contributed by atoms with E-state index in [2.05, 4.69) is 39.1 Å². The van der Waals surface area contributed by atoms with Crippen LogP contribution in [0.25, 0.3) is 0 Å². The fourth-order valence-corrected chi connectivity index (χ4v) is 3.23. The molecule has 1 aromatic rings. The molecule has 5 nitrogen and oxygen atoms in total. The van der Waals surface area contributed by atoms with Gasteiger partial charge in [-0.05, 0) is 38.1 Å². The lowest BCUT2D eigenvalue weighted by atomic mass is 10.1. The van der Waals surface area contributed by atoms with Crippen LogP contribution in [-0.2, 0) is 11.3 Å². The molecule has 0 amide bonds. The van der Waals surface area contributed by atoms with Crippen LogP contribution in [0, 0.1) is 0 Å². The van der Waals surface area contributed by atoms with E-state index in [4.69, 9.17) is 14.2 Å². The summed E-state index contributed by atoms with van der Waals surface area (Å²) >= 11 is 3.55. The van der Waals surface area contributed by atoms with Crippen molar-refractivity contribution in [2.45, 2.75) is 26.3 Å².